The number of benzene rings is 1. The second kappa shape index (κ2) is 10.8. The van der Waals surface area contributed by atoms with Gasteiger partial charge in [-0.1, -0.05) is 38.5 Å². The molecule has 150 valence electrons. The van der Waals surface area contributed by atoms with E-state index in [1.165, 1.54) is 0 Å². The van der Waals surface area contributed by atoms with Crippen LogP contribution in [-0.2, 0) is 0 Å². The molecule has 0 aliphatic rings. The van der Waals surface area contributed by atoms with E-state index in [2.05, 4.69) is 5.32 Å². The number of rotatable bonds is 12. The Morgan fingerprint density at radius 1 is 0.577 bits per heavy atom. The molecule has 0 amide bonds. The first-order chi connectivity index (χ1) is 12.1. The molecule has 0 saturated heterocycles. The second-order valence-corrected chi connectivity index (χ2v) is 8.27. The maximum Gasteiger partial charge on any atom is 0.492 e. The fourth-order valence-corrected chi connectivity index (χ4v) is 3.25. The Hall–Kier alpha value is -1.23. The van der Waals surface area contributed by atoms with Crippen LogP contribution >= 0.6 is 0 Å². The molecule has 4 nitrogen and oxygen atoms in total. The summed E-state index contributed by atoms with van der Waals surface area (Å²) in [4.78, 5) is 26.5. The van der Waals surface area contributed by atoms with Gasteiger partial charge in [-0.3, -0.25) is 0 Å². The van der Waals surface area contributed by atoms with Crippen LogP contribution < -0.4 is 5.32 Å². The largest absolute Gasteiger partial charge is 0.492 e. The second-order valence-electron chi connectivity index (χ2n) is 6.22. The van der Waals surface area contributed by atoms with Crippen molar-refractivity contribution in [2.45, 2.75) is 57.4 Å². The van der Waals surface area contributed by atoms with Crippen molar-refractivity contribution in [3.8, 4) is 0 Å². The smallest absolute Gasteiger partial charge is 0.390 e. The summed E-state index contributed by atoms with van der Waals surface area (Å²) in [5.74, 6) is -9.82. The lowest BCUT2D eigenvalue weighted by Gasteiger charge is -2.10. The average Bonchev–Trinajstić information content (AvgIpc) is 2.57. The third-order valence-corrected chi connectivity index (χ3v) is 4.97. The van der Waals surface area contributed by atoms with Crippen molar-refractivity contribution in [1.29, 1.82) is 0 Å². The molecule has 0 bridgehead atoms. The molecule has 4 N–H and O–H groups in total. The number of hydrogen-bond acceptors (Lipinski definition) is 4. The van der Waals surface area contributed by atoms with Crippen LogP contribution in [0.15, 0.2) is 0 Å². The van der Waals surface area contributed by atoms with Gasteiger partial charge in [0.2, 0.25) is 5.82 Å². The number of unbranched alkanes of at least 4 members (excludes halogenated alkanes) is 7. The fraction of sp³-hybridized carbons (Fsp3) is 0.625. The fourth-order valence-electron chi connectivity index (χ4n) is 2.52. The summed E-state index contributed by atoms with van der Waals surface area (Å²) in [6, 6.07) is 0.0381. The van der Waals surface area contributed by atoms with Gasteiger partial charge in [0.25, 0.3) is 0 Å². The van der Waals surface area contributed by atoms with Crippen molar-refractivity contribution in [3.05, 3.63) is 29.1 Å². The summed E-state index contributed by atoms with van der Waals surface area (Å²) in [5, 5.41) is 2.26. The zero-order chi connectivity index (χ0) is 19.7. The molecule has 0 atom stereocenters. The molecular formula is C16H24F5NO3Si. The highest BCUT2D eigenvalue weighted by atomic mass is 28.4. The van der Waals surface area contributed by atoms with Crippen LogP contribution in [0.3, 0.4) is 0 Å². The summed E-state index contributed by atoms with van der Waals surface area (Å²) in [7, 11) is -3.92. The van der Waals surface area contributed by atoms with Crippen LogP contribution in [0.25, 0.3) is 0 Å². The first-order valence-corrected chi connectivity index (χ1v) is 10.6. The van der Waals surface area contributed by atoms with Gasteiger partial charge >= 0.3 is 8.80 Å². The standard InChI is InChI=1S/C16H24F5NO3Si/c17-11-12(18)14(20)16(15(21)13(11)19)22-9-7-5-3-1-2-4-6-8-10-26(23,24)25/h22-25H,1-10H2. The molecule has 10 heteroatoms. The van der Waals surface area contributed by atoms with Crippen LogP contribution in [0.1, 0.15) is 51.4 Å². The molecule has 1 rings (SSSR count). The van der Waals surface area contributed by atoms with E-state index in [-0.39, 0.29) is 12.6 Å². The van der Waals surface area contributed by atoms with Gasteiger partial charge in [0.05, 0.1) is 0 Å². The van der Waals surface area contributed by atoms with E-state index in [9.17, 15) is 22.0 Å². The summed E-state index contributed by atoms with van der Waals surface area (Å²) in [6.45, 7) is 0.0918. The summed E-state index contributed by atoms with van der Waals surface area (Å²) in [6.07, 6.45) is 6.21. The molecule has 0 saturated carbocycles. The minimum absolute atomic E-state index is 0.0381. The maximum absolute atomic E-state index is 13.4. The van der Waals surface area contributed by atoms with Gasteiger partial charge in [0.15, 0.2) is 23.3 Å². The van der Waals surface area contributed by atoms with Gasteiger partial charge in [-0.05, 0) is 12.8 Å². The average molecular weight is 401 g/mol. The molecule has 0 aromatic heterocycles. The lowest BCUT2D eigenvalue weighted by molar-refractivity contribution is 0.226. The highest BCUT2D eigenvalue weighted by Gasteiger charge is 2.26. The number of nitrogens with one attached hydrogen (secondary N) is 1. The lowest BCUT2D eigenvalue weighted by Crippen LogP contribution is -2.33. The molecule has 0 radical (unpaired) electrons. The summed E-state index contributed by atoms with van der Waals surface area (Å²) in [5.41, 5.74) is -1.00. The van der Waals surface area contributed by atoms with Gasteiger partial charge in [-0.25, -0.2) is 22.0 Å². The van der Waals surface area contributed by atoms with E-state index in [0.29, 0.717) is 12.8 Å². The molecule has 26 heavy (non-hydrogen) atoms. The monoisotopic (exact) mass is 401 g/mol. The normalized spacial score (nSPS) is 11.8. The highest BCUT2D eigenvalue weighted by molar-refractivity contribution is 6.56. The van der Waals surface area contributed by atoms with Gasteiger partial charge in [0.1, 0.15) is 5.69 Å². The van der Waals surface area contributed by atoms with Crippen LogP contribution in [0.2, 0.25) is 6.04 Å². The maximum atomic E-state index is 13.4. The zero-order valence-electron chi connectivity index (χ0n) is 14.3. The van der Waals surface area contributed by atoms with Crippen LogP contribution in [0, 0.1) is 29.1 Å². The molecule has 0 heterocycles. The van der Waals surface area contributed by atoms with E-state index in [4.69, 9.17) is 14.4 Å². The van der Waals surface area contributed by atoms with Crippen molar-refractivity contribution in [2.75, 3.05) is 11.9 Å². The first-order valence-electron chi connectivity index (χ1n) is 8.57. The predicted molar refractivity (Wildman–Crippen MR) is 88.9 cm³/mol. The van der Waals surface area contributed by atoms with Crippen LogP contribution in [-0.4, -0.2) is 29.7 Å². The molecular weight excluding hydrogens is 377 g/mol. The van der Waals surface area contributed by atoms with Gasteiger partial charge in [-0.2, -0.15) is 0 Å². The van der Waals surface area contributed by atoms with E-state index < -0.39 is 43.6 Å². The Bertz CT molecular complexity index is 555. The van der Waals surface area contributed by atoms with E-state index >= 15 is 0 Å². The summed E-state index contributed by atoms with van der Waals surface area (Å²) < 4.78 is 65.8. The molecule has 0 aliphatic carbocycles. The summed E-state index contributed by atoms with van der Waals surface area (Å²) >= 11 is 0. The Morgan fingerprint density at radius 2 is 0.962 bits per heavy atom. The SMILES string of the molecule is O[Si](O)(O)CCCCCCCCCCNc1c(F)c(F)c(F)c(F)c1F. The Kier molecular flexibility index (Phi) is 9.48. The molecule has 0 spiro atoms. The van der Waals surface area contributed by atoms with Crippen molar-refractivity contribution in [2.24, 2.45) is 0 Å². The van der Waals surface area contributed by atoms with Crippen molar-refractivity contribution in [1.82, 2.24) is 0 Å². The molecule has 1 aromatic rings. The lowest BCUT2D eigenvalue weighted by atomic mass is 10.1. The minimum Gasteiger partial charge on any atom is -0.390 e. The third-order valence-electron chi connectivity index (χ3n) is 3.95. The third kappa shape index (κ3) is 7.56. The number of hydrogen-bond donors (Lipinski definition) is 4. The Morgan fingerprint density at radius 3 is 1.42 bits per heavy atom. The number of halogens is 5. The van der Waals surface area contributed by atoms with Crippen LogP contribution in [0.5, 0.6) is 0 Å². The molecule has 1 aromatic carbocycles. The zero-order valence-corrected chi connectivity index (χ0v) is 15.3. The topological polar surface area (TPSA) is 72.7 Å². The van der Waals surface area contributed by atoms with Crippen LogP contribution in [0.4, 0.5) is 27.6 Å². The molecule has 0 fully saturated rings. The Balaban J connectivity index is 2.15. The van der Waals surface area contributed by atoms with E-state index in [1.807, 2.05) is 0 Å². The predicted octanol–water partition coefficient (Wildman–Crippen LogP) is 3.83. The van der Waals surface area contributed by atoms with E-state index in [1.54, 1.807) is 0 Å². The molecule has 0 unspecified atom stereocenters. The Labute approximate surface area is 150 Å². The first kappa shape index (κ1) is 22.8. The quantitative estimate of drug-likeness (QED) is 0.141. The van der Waals surface area contributed by atoms with Crippen molar-refractivity contribution >= 4 is 14.5 Å². The van der Waals surface area contributed by atoms with E-state index in [0.717, 1.165) is 38.5 Å². The van der Waals surface area contributed by atoms with Gasteiger partial charge < -0.3 is 19.7 Å². The highest BCUT2D eigenvalue weighted by Crippen LogP contribution is 2.27. The molecule has 0 aliphatic heterocycles. The van der Waals surface area contributed by atoms with Gasteiger partial charge in [-0.15, -0.1) is 0 Å². The number of anilines is 1. The minimum atomic E-state index is -3.92. The van der Waals surface area contributed by atoms with Gasteiger partial charge in [0, 0.05) is 12.6 Å². The van der Waals surface area contributed by atoms with Crippen molar-refractivity contribution in [3.63, 3.8) is 0 Å². The van der Waals surface area contributed by atoms with Crippen molar-refractivity contribution < 1.29 is 36.3 Å².